The van der Waals surface area contributed by atoms with Crippen molar-refractivity contribution in [3.63, 3.8) is 0 Å². The van der Waals surface area contributed by atoms with E-state index < -0.39 is 6.04 Å². The number of nitrogens with zero attached hydrogens (tertiary/aromatic N) is 1. The molecule has 2 aromatic rings. The maximum absolute atomic E-state index is 13.2. The number of amides is 2. The zero-order valence-corrected chi connectivity index (χ0v) is 20.7. The highest BCUT2D eigenvalue weighted by atomic mass is 79.9. The highest BCUT2D eigenvalue weighted by Crippen LogP contribution is 2.18. The van der Waals surface area contributed by atoms with E-state index in [-0.39, 0.29) is 11.8 Å². The predicted molar refractivity (Wildman–Crippen MR) is 131 cm³/mol. The molecule has 0 fully saturated rings. The largest absolute Gasteiger partial charge is 0.354 e. The molecule has 5 heteroatoms. The summed E-state index contributed by atoms with van der Waals surface area (Å²) in [6.45, 7) is 9.31. The highest BCUT2D eigenvalue weighted by molar-refractivity contribution is 9.10. The van der Waals surface area contributed by atoms with Crippen molar-refractivity contribution in [2.75, 3.05) is 6.54 Å². The molecule has 0 aliphatic carbocycles. The van der Waals surface area contributed by atoms with Gasteiger partial charge in [-0.25, -0.2) is 0 Å². The van der Waals surface area contributed by atoms with Crippen LogP contribution in [0.3, 0.4) is 0 Å². The lowest BCUT2D eigenvalue weighted by Gasteiger charge is -2.29. The Balaban J connectivity index is 2.08. The summed E-state index contributed by atoms with van der Waals surface area (Å²) in [4.78, 5) is 27.5. The first-order valence-corrected chi connectivity index (χ1v) is 12.0. The fourth-order valence-corrected chi connectivity index (χ4v) is 3.63. The van der Waals surface area contributed by atoms with Crippen molar-refractivity contribution in [3.05, 3.63) is 69.7 Å². The molecule has 0 aromatic heterocycles. The molecule has 0 bridgehead atoms. The Morgan fingerprint density at radius 2 is 1.58 bits per heavy atom. The summed E-state index contributed by atoms with van der Waals surface area (Å²) >= 11 is 3.45. The molecule has 31 heavy (non-hydrogen) atoms. The third-order valence-electron chi connectivity index (χ3n) is 5.54. The molecule has 0 saturated heterocycles. The number of unbranched alkanes of at least 4 members (excludes halogenated alkanes) is 1. The number of rotatable bonds is 11. The van der Waals surface area contributed by atoms with E-state index in [9.17, 15) is 9.59 Å². The topological polar surface area (TPSA) is 49.4 Å². The van der Waals surface area contributed by atoms with Gasteiger partial charge in [0.25, 0.3) is 0 Å². The molecule has 2 rings (SSSR count). The molecular formula is C26H35BrN2O2. The summed E-state index contributed by atoms with van der Waals surface area (Å²) in [6.07, 6.45) is 3.00. The fourth-order valence-electron chi connectivity index (χ4n) is 3.37. The van der Waals surface area contributed by atoms with Crippen LogP contribution in [-0.4, -0.2) is 29.3 Å². The molecule has 0 saturated carbocycles. The summed E-state index contributed by atoms with van der Waals surface area (Å²) in [5.41, 5.74) is 3.44. The smallest absolute Gasteiger partial charge is 0.242 e. The summed E-state index contributed by atoms with van der Waals surface area (Å²) in [6, 6.07) is 15.8. The maximum Gasteiger partial charge on any atom is 0.242 e. The summed E-state index contributed by atoms with van der Waals surface area (Å²) < 4.78 is 0.990. The molecule has 0 aliphatic heterocycles. The monoisotopic (exact) mass is 486 g/mol. The first-order valence-electron chi connectivity index (χ1n) is 11.2. The Bertz CT molecular complexity index is 831. The Kier molecular flexibility index (Phi) is 10.3. The van der Waals surface area contributed by atoms with Crippen LogP contribution in [0.1, 0.15) is 69.6 Å². The molecule has 4 nitrogen and oxygen atoms in total. The zero-order valence-electron chi connectivity index (χ0n) is 19.2. The van der Waals surface area contributed by atoms with Crippen LogP contribution in [0.15, 0.2) is 53.0 Å². The van der Waals surface area contributed by atoms with Crippen molar-refractivity contribution in [2.45, 2.75) is 71.9 Å². The van der Waals surface area contributed by atoms with Gasteiger partial charge in [0.15, 0.2) is 0 Å². The van der Waals surface area contributed by atoms with Crippen molar-refractivity contribution in [3.8, 4) is 0 Å². The van der Waals surface area contributed by atoms with E-state index in [2.05, 4.69) is 66.3 Å². The Morgan fingerprint density at radius 3 is 2.16 bits per heavy atom. The maximum atomic E-state index is 13.2. The van der Waals surface area contributed by atoms with Crippen LogP contribution < -0.4 is 5.32 Å². The van der Waals surface area contributed by atoms with Gasteiger partial charge >= 0.3 is 0 Å². The number of aryl methyl sites for hydroxylation is 1. The Hall–Kier alpha value is -2.14. The Morgan fingerprint density at radius 1 is 0.968 bits per heavy atom. The average Bonchev–Trinajstić information content (AvgIpc) is 2.77. The average molecular weight is 487 g/mol. The van der Waals surface area contributed by atoms with Crippen LogP contribution in [0.25, 0.3) is 0 Å². The van der Waals surface area contributed by atoms with Crippen molar-refractivity contribution in [1.29, 1.82) is 0 Å². The van der Waals surface area contributed by atoms with E-state index in [1.165, 1.54) is 5.56 Å². The number of nitrogens with one attached hydrogen (secondary N) is 1. The van der Waals surface area contributed by atoms with Crippen LogP contribution in [0.5, 0.6) is 0 Å². The molecule has 1 N–H and O–H groups in total. The van der Waals surface area contributed by atoms with Crippen LogP contribution in [0.2, 0.25) is 0 Å². The fraction of sp³-hybridized carbons (Fsp3) is 0.462. The Labute approximate surface area is 195 Å². The molecule has 2 aromatic carbocycles. The van der Waals surface area contributed by atoms with Gasteiger partial charge in [0.2, 0.25) is 11.8 Å². The zero-order chi connectivity index (χ0) is 22.8. The third-order valence-corrected chi connectivity index (χ3v) is 6.07. The van der Waals surface area contributed by atoms with Gasteiger partial charge in [-0.2, -0.15) is 0 Å². The van der Waals surface area contributed by atoms with Crippen LogP contribution in [-0.2, 0) is 22.6 Å². The lowest BCUT2D eigenvalue weighted by Crippen LogP contribution is -2.47. The summed E-state index contributed by atoms with van der Waals surface area (Å²) in [5.74, 6) is 0.387. The third kappa shape index (κ3) is 8.13. The molecule has 0 radical (unpaired) electrons. The first kappa shape index (κ1) is 25.1. The van der Waals surface area contributed by atoms with E-state index in [1.807, 2.05) is 31.2 Å². The molecule has 0 unspecified atom stereocenters. The molecule has 0 aliphatic rings. The minimum Gasteiger partial charge on any atom is -0.354 e. The second kappa shape index (κ2) is 12.7. The van der Waals surface area contributed by atoms with Gasteiger partial charge in [0, 0.05) is 24.0 Å². The minimum absolute atomic E-state index is 0.00556. The van der Waals surface area contributed by atoms with E-state index in [0.717, 1.165) is 28.4 Å². The summed E-state index contributed by atoms with van der Waals surface area (Å²) in [5, 5.41) is 2.96. The van der Waals surface area contributed by atoms with Gasteiger partial charge in [-0.1, -0.05) is 79.5 Å². The number of hydrogen-bond acceptors (Lipinski definition) is 2. The summed E-state index contributed by atoms with van der Waals surface area (Å²) in [7, 11) is 0. The first-order chi connectivity index (χ1) is 14.8. The van der Waals surface area contributed by atoms with Crippen molar-refractivity contribution >= 4 is 27.7 Å². The minimum atomic E-state index is -0.517. The second-order valence-electron chi connectivity index (χ2n) is 8.36. The SMILES string of the molecule is CCCCNC(=O)[C@@H](C)N(Cc1ccc(Br)cc1)C(=O)CCc1ccc(C(C)C)cc1. The van der Waals surface area contributed by atoms with Gasteiger partial charge in [-0.3, -0.25) is 9.59 Å². The van der Waals surface area contributed by atoms with Crippen molar-refractivity contribution < 1.29 is 9.59 Å². The van der Waals surface area contributed by atoms with Gasteiger partial charge in [0.05, 0.1) is 0 Å². The number of carbonyl (C=O) groups excluding carboxylic acids is 2. The molecule has 2 amide bonds. The number of benzene rings is 2. The van der Waals surface area contributed by atoms with Crippen LogP contribution in [0, 0.1) is 0 Å². The normalized spacial score (nSPS) is 11.9. The van der Waals surface area contributed by atoms with Gasteiger partial charge in [0.1, 0.15) is 6.04 Å². The quantitative estimate of drug-likeness (QED) is 0.405. The van der Waals surface area contributed by atoms with Gasteiger partial charge < -0.3 is 10.2 Å². The molecule has 0 heterocycles. The predicted octanol–water partition coefficient (Wildman–Crippen LogP) is 5.84. The molecular weight excluding hydrogens is 452 g/mol. The lowest BCUT2D eigenvalue weighted by molar-refractivity contribution is -0.140. The van der Waals surface area contributed by atoms with E-state index >= 15 is 0 Å². The van der Waals surface area contributed by atoms with Gasteiger partial charge in [-0.05, 0) is 54.5 Å². The molecule has 168 valence electrons. The lowest BCUT2D eigenvalue weighted by atomic mass is 10.00. The number of halogens is 1. The standard InChI is InChI=1S/C26H35BrN2O2/c1-5-6-17-28-26(31)20(4)29(18-22-9-14-24(27)15-10-22)25(30)16-11-21-7-12-23(13-8-21)19(2)3/h7-10,12-15,19-20H,5-6,11,16-18H2,1-4H3,(H,28,31)/t20-/m1/s1. The number of carbonyl (C=O) groups is 2. The number of hydrogen-bond donors (Lipinski definition) is 1. The molecule has 1 atom stereocenters. The van der Waals surface area contributed by atoms with E-state index in [1.54, 1.807) is 4.90 Å². The van der Waals surface area contributed by atoms with Crippen LogP contribution >= 0.6 is 15.9 Å². The van der Waals surface area contributed by atoms with E-state index in [0.29, 0.717) is 31.8 Å². The van der Waals surface area contributed by atoms with Gasteiger partial charge in [-0.15, -0.1) is 0 Å². The van der Waals surface area contributed by atoms with E-state index in [4.69, 9.17) is 0 Å². The van der Waals surface area contributed by atoms with Crippen LogP contribution in [0.4, 0.5) is 0 Å². The van der Waals surface area contributed by atoms with Crippen molar-refractivity contribution in [1.82, 2.24) is 10.2 Å². The second-order valence-corrected chi connectivity index (χ2v) is 9.28. The van der Waals surface area contributed by atoms with Crippen molar-refractivity contribution in [2.24, 2.45) is 0 Å². The highest BCUT2D eigenvalue weighted by Gasteiger charge is 2.25. The molecule has 0 spiro atoms.